The maximum absolute atomic E-state index is 13.2. The zero-order chi connectivity index (χ0) is 14.0. The first-order valence-corrected chi connectivity index (χ1v) is 6.59. The van der Waals surface area contributed by atoms with Gasteiger partial charge in [-0.1, -0.05) is 13.0 Å². The van der Waals surface area contributed by atoms with Crippen molar-refractivity contribution in [3.63, 3.8) is 0 Å². The molecule has 1 unspecified atom stereocenters. The van der Waals surface area contributed by atoms with Crippen LogP contribution in [0.3, 0.4) is 0 Å². The Morgan fingerprint density at radius 3 is 2.42 bits per heavy atom. The molecule has 19 heavy (non-hydrogen) atoms. The SMILES string of the molecule is CCNC(c1ccc(F)cc1C)c1cc(C)oc1C. The summed E-state index contributed by atoms with van der Waals surface area (Å²) in [5.41, 5.74) is 3.16. The number of hydrogen-bond acceptors (Lipinski definition) is 2. The lowest BCUT2D eigenvalue weighted by Crippen LogP contribution is -2.23. The van der Waals surface area contributed by atoms with E-state index in [-0.39, 0.29) is 11.9 Å². The molecule has 102 valence electrons. The first-order chi connectivity index (χ1) is 9.02. The predicted molar refractivity (Wildman–Crippen MR) is 74.8 cm³/mol. The van der Waals surface area contributed by atoms with Crippen LogP contribution in [0, 0.1) is 26.6 Å². The van der Waals surface area contributed by atoms with Gasteiger partial charge in [0.2, 0.25) is 0 Å². The standard InChI is InChI=1S/C16H20FNO/c1-5-18-16(15-9-11(3)19-12(15)4)14-7-6-13(17)8-10(14)2/h6-9,16,18H,5H2,1-4H3. The summed E-state index contributed by atoms with van der Waals surface area (Å²) in [4.78, 5) is 0. The van der Waals surface area contributed by atoms with Crippen molar-refractivity contribution in [2.75, 3.05) is 6.54 Å². The van der Waals surface area contributed by atoms with E-state index in [1.807, 2.05) is 32.9 Å². The number of benzene rings is 1. The molecule has 0 spiro atoms. The zero-order valence-electron chi connectivity index (χ0n) is 11.9. The average Bonchev–Trinajstić information content (AvgIpc) is 2.66. The van der Waals surface area contributed by atoms with Crippen LogP contribution in [0.1, 0.15) is 41.2 Å². The highest BCUT2D eigenvalue weighted by molar-refractivity contribution is 5.38. The molecule has 0 aliphatic rings. The van der Waals surface area contributed by atoms with Crippen LogP contribution in [-0.4, -0.2) is 6.54 Å². The minimum absolute atomic E-state index is 0.0445. The predicted octanol–water partition coefficient (Wildman–Crippen LogP) is 4.04. The third-order valence-electron chi connectivity index (χ3n) is 3.34. The highest BCUT2D eigenvalue weighted by Crippen LogP contribution is 2.29. The molecule has 0 amide bonds. The Bertz CT molecular complexity index is 574. The van der Waals surface area contributed by atoms with E-state index in [1.165, 1.54) is 6.07 Å². The molecular formula is C16H20FNO. The topological polar surface area (TPSA) is 25.2 Å². The molecule has 1 aromatic heterocycles. The second-order valence-corrected chi connectivity index (χ2v) is 4.86. The van der Waals surface area contributed by atoms with Crippen molar-refractivity contribution in [2.24, 2.45) is 0 Å². The van der Waals surface area contributed by atoms with Crippen molar-refractivity contribution in [2.45, 2.75) is 33.7 Å². The van der Waals surface area contributed by atoms with Crippen LogP contribution in [-0.2, 0) is 0 Å². The number of furan rings is 1. The Morgan fingerprint density at radius 1 is 1.16 bits per heavy atom. The van der Waals surface area contributed by atoms with E-state index in [0.717, 1.165) is 34.8 Å². The minimum atomic E-state index is -0.198. The van der Waals surface area contributed by atoms with Crippen LogP contribution in [0.5, 0.6) is 0 Å². The molecule has 0 saturated carbocycles. The number of rotatable bonds is 4. The van der Waals surface area contributed by atoms with E-state index in [1.54, 1.807) is 6.07 Å². The van der Waals surface area contributed by atoms with Gasteiger partial charge in [-0.2, -0.15) is 0 Å². The van der Waals surface area contributed by atoms with E-state index < -0.39 is 0 Å². The molecule has 3 heteroatoms. The molecule has 0 aliphatic heterocycles. The van der Waals surface area contributed by atoms with Crippen LogP contribution < -0.4 is 5.32 Å². The maximum Gasteiger partial charge on any atom is 0.123 e. The Balaban J connectivity index is 2.48. The van der Waals surface area contributed by atoms with Gasteiger partial charge >= 0.3 is 0 Å². The maximum atomic E-state index is 13.2. The van der Waals surface area contributed by atoms with Crippen LogP contribution in [0.15, 0.2) is 28.7 Å². The highest BCUT2D eigenvalue weighted by Gasteiger charge is 2.20. The average molecular weight is 261 g/mol. The Labute approximate surface area is 113 Å². The molecular weight excluding hydrogens is 241 g/mol. The lowest BCUT2D eigenvalue weighted by molar-refractivity contribution is 0.495. The van der Waals surface area contributed by atoms with E-state index in [9.17, 15) is 4.39 Å². The lowest BCUT2D eigenvalue weighted by Gasteiger charge is -2.20. The zero-order valence-corrected chi connectivity index (χ0v) is 11.9. The normalized spacial score (nSPS) is 12.7. The third-order valence-corrected chi connectivity index (χ3v) is 3.34. The number of aryl methyl sites for hydroxylation is 3. The van der Waals surface area contributed by atoms with E-state index >= 15 is 0 Å². The molecule has 0 bridgehead atoms. The molecule has 2 aromatic rings. The number of halogens is 1. The van der Waals surface area contributed by atoms with Gasteiger partial charge in [-0.15, -0.1) is 0 Å². The smallest absolute Gasteiger partial charge is 0.123 e. The summed E-state index contributed by atoms with van der Waals surface area (Å²) >= 11 is 0. The van der Waals surface area contributed by atoms with Crippen LogP contribution in [0.4, 0.5) is 4.39 Å². The van der Waals surface area contributed by atoms with Gasteiger partial charge in [0, 0.05) is 5.56 Å². The van der Waals surface area contributed by atoms with Gasteiger partial charge in [-0.05, 0) is 56.6 Å². The summed E-state index contributed by atoms with van der Waals surface area (Å²) < 4.78 is 18.9. The fourth-order valence-corrected chi connectivity index (χ4v) is 2.49. The van der Waals surface area contributed by atoms with Gasteiger partial charge in [0.1, 0.15) is 17.3 Å². The van der Waals surface area contributed by atoms with Crippen molar-refractivity contribution < 1.29 is 8.81 Å². The Kier molecular flexibility index (Phi) is 4.05. The molecule has 2 nitrogen and oxygen atoms in total. The molecule has 0 fully saturated rings. The first-order valence-electron chi connectivity index (χ1n) is 6.59. The van der Waals surface area contributed by atoms with Crippen molar-refractivity contribution in [1.82, 2.24) is 5.32 Å². The second-order valence-electron chi connectivity index (χ2n) is 4.86. The summed E-state index contributed by atoms with van der Waals surface area (Å²) in [5.74, 6) is 1.61. The number of nitrogens with one attached hydrogen (secondary N) is 1. The molecule has 0 aliphatic carbocycles. The largest absolute Gasteiger partial charge is 0.466 e. The van der Waals surface area contributed by atoms with E-state index in [2.05, 4.69) is 12.2 Å². The van der Waals surface area contributed by atoms with Gasteiger partial charge < -0.3 is 9.73 Å². The Hall–Kier alpha value is -1.61. The van der Waals surface area contributed by atoms with Gasteiger partial charge in [0.15, 0.2) is 0 Å². The first kappa shape index (κ1) is 13.8. The van der Waals surface area contributed by atoms with Gasteiger partial charge in [-0.25, -0.2) is 4.39 Å². The van der Waals surface area contributed by atoms with Crippen LogP contribution >= 0.6 is 0 Å². The van der Waals surface area contributed by atoms with Gasteiger partial charge in [0.05, 0.1) is 6.04 Å². The van der Waals surface area contributed by atoms with Crippen molar-refractivity contribution in [3.05, 3.63) is 58.3 Å². The molecule has 0 saturated heterocycles. The summed E-state index contributed by atoms with van der Waals surface area (Å²) in [6.45, 7) is 8.74. The lowest BCUT2D eigenvalue weighted by atomic mass is 9.95. The third kappa shape index (κ3) is 2.87. The van der Waals surface area contributed by atoms with Crippen LogP contribution in [0.25, 0.3) is 0 Å². The van der Waals surface area contributed by atoms with Crippen molar-refractivity contribution in [1.29, 1.82) is 0 Å². The fourth-order valence-electron chi connectivity index (χ4n) is 2.49. The highest BCUT2D eigenvalue weighted by atomic mass is 19.1. The molecule has 1 aromatic carbocycles. The fraction of sp³-hybridized carbons (Fsp3) is 0.375. The molecule has 1 N–H and O–H groups in total. The van der Waals surface area contributed by atoms with E-state index in [4.69, 9.17) is 4.42 Å². The summed E-state index contributed by atoms with van der Waals surface area (Å²) in [5, 5.41) is 3.45. The minimum Gasteiger partial charge on any atom is -0.466 e. The Morgan fingerprint density at radius 2 is 1.89 bits per heavy atom. The van der Waals surface area contributed by atoms with Gasteiger partial charge in [0.25, 0.3) is 0 Å². The molecule has 1 atom stereocenters. The van der Waals surface area contributed by atoms with Crippen molar-refractivity contribution in [3.8, 4) is 0 Å². The van der Waals surface area contributed by atoms with E-state index in [0.29, 0.717) is 0 Å². The summed E-state index contributed by atoms with van der Waals surface area (Å²) in [6.07, 6.45) is 0. The van der Waals surface area contributed by atoms with Gasteiger partial charge in [-0.3, -0.25) is 0 Å². The van der Waals surface area contributed by atoms with Crippen LogP contribution in [0.2, 0.25) is 0 Å². The quantitative estimate of drug-likeness (QED) is 0.898. The molecule has 0 radical (unpaired) electrons. The number of hydrogen-bond donors (Lipinski definition) is 1. The molecule has 2 rings (SSSR count). The molecule has 1 heterocycles. The summed E-state index contributed by atoms with van der Waals surface area (Å²) in [6, 6.07) is 7.02. The van der Waals surface area contributed by atoms with Crippen molar-refractivity contribution >= 4 is 0 Å². The monoisotopic (exact) mass is 261 g/mol. The second kappa shape index (κ2) is 5.57. The summed E-state index contributed by atoms with van der Waals surface area (Å²) in [7, 11) is 0.